The van der Waals surface area contributed by atoms with E-state index in [1.54, 1.807) is 0 Å². The number of nitrogens with two attached hydrogens (primary N) is 1. The summed E-state index contributed by atoms with van der Waals surface area (Å²) in [4.78, 5) is 35.7. The van der Waals surface area contributed by atoms with E-state index in [4.69, 9.17) is 25.2 Å². The topological polar surface area (TPSA) is 117 Å². The van der Waals surface area contributed by atoms with Gasteiger partial charge in [-0.3, -0.25) is 19.6 Å². The lowest BCUT2D eigenvalue weighted by atomic mass is 9.86. The number of fused-ring (bicyclic) bond motifs is 5. The second-order valence-electron chi connectivity index (χ2n) is 18.3. The van der Waals surface area contributed by atoms with Gasteiger partial charge in [-0.25, -0.2) is 4.98 Å². The number of benzene rings is 3. The van der Waals surface area contributed by atoms with E-state index in [0.717, 1.165) is 122 Å². The minimum Gasteiger partial charge on any atom is -0.472 e. The van der Waals surface area contributed by atoms with Crippen molar-refractivity contribution in [2.45, 2.75) is 96.2 Å². The summed E-state index contributed by atoms with van der Waals surface area (Å²) >= 11 is 0. The van der Waals surface area contributed by atoms with Crippen LogP contribution in [0.3, 0.4) is 0 Å². The van der Waals surface area contributed by atoms with Crippen molar-refractivity contribution in [2.24, 2.45) is 22.6 Å². The number of likely N-dealkylation sites (tertiary alicyclic amines) is 2. The Bertz CT molecular complexity index is 2360. The number of ether oxygens (including phenoxy) is 2. The lowest BCUT2D eigenvalue weighted by molar-refractivity contribution is -0.140. The minimum absolute atomic E-state index is 0.0787. The van der Waals surface area contributed by atoms with Crippen molar-refractivity contribution >= 4 is 22.5 Å². The molecule has 6 unspecified atom stereocenters. The third-order valence-corrected chi connectivity index (χ3v) is 14.0. The first-order valence-corrected chi connectivity index (χ1v) is 22.5. The summed E-state index contributed by atoms with van der Waals surface area (Å²) in [6.07, 6.45) is 8.16. The van der Waals surface area contributed by atoms with E-state index in [1.165, 1.54) is 10.9 Å². The number of aromatic nitrogens is 3. The number of rotatable bonds is 10. The SMILES string of the molecule is CC1CC(c2ccc3c(c2)cc2n3COc3cc(-c4cnc(C5CCCN5CC(N)C(C)C)[nH]4)ccc3-2)=NC(C2CCCN2C(=O)C(c2ccccc2)N2CCOCC2)C1. The number of nitrogens with one attached hydrogen (secondary N) is 1. The normalized spacial score (nSPS) is 24.6. The number of H-pyrrole nitrogens is 1. The molecule has 5 aromatic rings. The molecule has 10 rings (SSSR count). The molecule has 60 heavy (non-hydrogen) atoms. The van der Waals surface area contributed by atoms with Gasteiger partial charge in [0.2, 0.25) is 5.91 Å². The maximum Gasteiger partial charge on any atom is 0.244 e. The Balaban J connectivity index is 0.885. The second-order valence-corrected chi connectivity index (χ2v) is 18.3. The van der Waals surface area contributed by atoms with Gasteiger partial charge in [-0.1, -0.05) is 63.2 Å². The molecule has 1 amide bonds. The van der Waals surface area contributed by atoms with Gasteiger partial charge < -0.3 is 29.7 Å². The number of aliphatic imine (C=N–C) groups is 1. The van der Waals surface area contributed by atoms with Crippen molar-refractivity contribution in [3.63, 3.8) is 0 Å². The third kappa shape index (κ3) is 7.48. The van der Waals surface area contributed by atoms with E-state index in [1.807, 2.05) is 24.4 Å². The van der Waals surface area contributed by atoms with Gasteiger partial charge >= 0.3 is 0 Å². The van der Waals surface area contributed by atoms with E-state index >= 15 is 0 Å². The average molecular weight is 809 g/mol. The first kappa shape index (κ1) is 39.3. The molecule has 0 aliphatic carbocycles. The van der Waals surface area contributed by atoms with E-state index in [0.29, 0.717) is 31.8 Å². The Labute approximate surface area is 353 Å². The number of carbonyl (C=O) groups is 1. The zero-order chi connectivity index (χ0) is 40.9. The maximum atomic E-state index is 14.6. The summed E-state index contributed by atoms with van der Waals surface area (Å²) in [5.74, 6) is 3.04. The molecule has 6 atom stereocenters. The number of amides is 1. The van der Waals surface area contributed by atoms with Gasteiger partial charge in [0, 0.05) is 54.4 Å². The number of hydrogen-bond acceptors (Lipinski definition) is 8. The van der Waals surface area contributed by atoms with Crippen LogP contribution >= 0.6 is 0 Å². The van der Waals surface area contributed by atoms with Crippen LogP contribution in [0.15, 0.2) is 84.0 Å². The number of hydrogen-bond donors (Lipinski definition) is 2. The molecule has 3 saturated heterocycles. The number of aromatic amines is 1. The van der Waals surface area contributed by atoms with Gasteiger partial charge in [0.25, 0.3) is 0 Å². The zero-order valence-corrected chi connectivity index (χ0v) is 35.4. The fourth-order valence-corrected chi connectivity index (χ4v) is 10.6. The van der Waals surface area contributed by atoms with Gasteiger partial charge in [-0.05, 0) is 98.4 Å². The molecule has 314 valence electrons. The summed E-state index contributed by atoms with van der Waals surface area (Å²) < 4.78 is 14.4. The summed E-state index contributed by atoms with van der Waals surface area (Å²) in [5, 5.41) is 1.19. The standard InChI is InChI=1S/C49H60N8O3/c1-31(2)38(50)29-55-17-7-12-44(55)48-51-28-41(53-48)35-13-15-37-45-26-36-25-34(14-16-42(36)57(45)30-60-46(37)27-35)39-23-32(3)24-40(52-39)43-11-8-18-56(43)49(58)47(33-9-5-4-6-10-33)54-19-21-59-22-20-54/h4-6,9-10,13-16,25-28,31-32,38,40,43-44,47H,7-8,11-12,17-24,29-30,50H2,1-3H3,(H,51,53). The average Bonchev–Trinajstić information content (AvgIpc) is 4.10. The molecule has 3 fully saturated rings. The Morgan fingerprint density at radius 3 is 2.60 bits per heavy atom. The summed E-state index contributed by atoms with van der Waals surface area (Å²) in [6, 6.07) is 26.2. The summed E-state index contributed by atoms with van der Waals surface area (Å²) in [7, 11) is 0. The molecule has 2 aromatic heterocycles. The Hall–Kier alpha value is -4.81. The van der Waals surface area contributed by atoms with Crippen LogP contribution in [0.4, 0.5) is 0 Å². The van der Waals surface area contributed by atoms with Gasteiger partial charge in [-0.15, -0.1) is 0 Å². The van der Waals surface area contributed by atoms with Crippen LogP contribution in [0.2, 0.25) is 0 Å². The Kier molecular flexibility index (Phi) is 10.9. The second kappa shape index (κ2) is 16.6. The number of imidazole rings is 1. The number of morpholine rings is 1. The van der Waals surface area contributed by atoms with Crippen molar-refractivity contribution in [1.29, 1.82) is 0 Å². The van der Waals surface area contributed by atoms with Crippen molar-refractivity contribution in [3.8, 4) is 28.3 Å². The van der Waals surface area contributed by atoms with Gasteiger partial charge in [0.05, 0.1) is 54.4 Å². The van der Waals surface area contributed by atoms with Gasteiger partial charge in [0.1, 0.15) is 17.6 Å². The molecule has 0 radical (unpaired) electrons. The molecule has 11 heteroatoms. The minimum atomic E-state index is -0.296. The highest BCUT2D eigenvalue weighted by atomic mass is 16.5. The molecule has 7 heterocycles. The lowest BCUT2D eigenvalue weighted by Crippen LogP contribution is -2.51. The highest BCUT2D eigenvalue weighted by Crippen LogP contribution is 2.42. The molecule has 3 aromatic carbocycles. The highest BCUT2D eigenvalue weighted by molar-refractivity contribution is 6.04. The van der Waals surface area contributed by atoms with Crippen LogP contribution < -0.4 is 10.5 Å². The smallest absolute Gasteiger partial charge is 0.244 e. The Morgan fingerprint density at radius 1 is 0.950 bits per heavy atom. The van der Waals surface area contributed by atoms with Crippen LogP contribution in [-0.4, -0.2) is 105 Å². The molecule has 5 aliphatic rings. The Morgan fingerprint density at radius 2 is 1.77 bits per heavy atom. The van der Waals surface area contributed by atoms with Crippen LogP contribution in [0, 0.1) is 11.8 Å². The van der Waals surface area contributed by atoms with Crippen LogP contribution in [0.5, 0.6) is 5.75 Å². The molecular weight excluding hydrogens is 749 g/mol. The fraction of sp³-hybridized carbons (Fsp3) is 0.490. The fourth-order valence-electron chi connectivity index (χ4n) is 10.6. The lowest BCUT2D eigenvalue weighted by Gasteiger charge is -2.39. The molecular formula is C49H60N8O3. The first-order valence-electron chi connectivity index (χ1n) is 22.5. The van der Waals surface area contributed by atoms with Crippen molar-refractivity contribution in [3.05, 3.63) is 95.9 Å². The van der Waals surface area contributed by atoms with Gasteiger partial charge in [-0.2, -0.15) is 0 Å². The number of carbonyl (C=O) groups excluding carboxylic acids is 1. The van der Waals surface area contributed by atoms with Crippen molar-refractivity contribution in [2.75, 3.05) is 45.9 Å². The van der Waals surface area contributed by atoms with E-state index in [-0.39, 0.29) is 36.1 Å². The van der Waals surface area contributed by atoms with E-state index in [2.05, 4.69) is 99.6 Å². The predicted molar refractivity (Wildman–Crippen MR) is 237 cm³/mol. The number of nitrogens with zero attached hydrogens (tertiary/aromatic N) is 6. The van der Waals surface area contributed by atoms with Crippen LogP contribution in [0.25, 0.3) is 33.4 Å². The molecule has 11 nitrogen and oxygen atoms in total. The first-order chi connectivity index (χ1) is 29.3. The maximum absolute atomic E-state index is 14.6. The molecule has 5 aliphatic heterocycles. The quantitative estimate of drug-likeness (QED) is 0.148. The third-order valence-electron chi connectivity index (χ3n) is 14.0. The molecule has 0 bridgehead atoms. The summed E-state index contributed by atoms with van der Waals surface area (Å²) in [5.41, 5.74) is 15.3. The molecule has 0 saturated carbocycles. The van der Waals surface area contributed by atoms with E-state index in [9.17, 15) is 4.79 Å². The van der Waals surface area contributed by atoms with Crippen molar-refractivity contribution < 1.29 is 14.3 Å². The highest BCUT2D eigenvalue weighted by Gasteiger charge is 2.42. The monoisotopic (exact) mass is 808 g/mol. The zero-order valence-electron chi connectivity index (χ0n) is 35.4. The largest absolute Gasteiger partial charge is 0.472 e. The summed E-state index contributed by atoms with van der Waals surface area (Å²) in [6.45, 7) is 12.8. The molecule has 0 spiro atoms. The van der Waals surface area contributed by atoms with Crippen LogP contribution in [-0.2, 0) is 16.3 Å². The predicted octanol–water partition coefficient (Wildman–Crippen LogP) is 7.82. The molecule has 3 N–H and O–H groups in total. The van der Waals surface area contributed by atoms with Gasteiger partial charge in [0.15, 0.2) is 6.73 Å². The van der Waals surface area contributed by atoms with E-state index < -0.39 is 0 Å². The van der Waals surface area contributed by atoms with Crippen molar-refractivity contribution in [1.82, 2.24) is 29.2 Å². The van der Waals surface area contributed by atoms with Crippen LogP contribution in [0.1, 0.15) is 88.3 Å².